The lowest BCUT2D eigenvalue weighted by molar-refractivity contribution is -0.131. The molecule has 1 aliphatic rings. The summed E-state index contributed by atoms with van der Waals surface area (Å²) in [5.74, 6) is 0.158. The summed E-state index contributed by atoms with van der Waals surface area (Å²) in [6.45, 7) is 1.55. The van der Waals surface area contributed by atoms with Crippen LogP contribution in [-0.2, 0) is 11.2 Å². The van der Waals surface area contributed by atoms with Gasteiger partial charge >= 0.3 is 0 Å². The van der Waals surface area contributed by atoms with Crippen LogP contribution in [0.15, 0.2) is 21.3 Å². The highest BCUT2D eigenvalue weighted by Crippen LogP contribution is 2.32. The first-order chi connectivity index (χ1) is 10.1. The van der Waals surface area contributed by atoms with Crippen molar-refractivity contribution in [3.8, 4) is 9.88 Å². The van der Waals surface area contributed by atoms with Gasteiger partial charge in [-0.3, -0.25) is 4.79 Å². The minimum absolute atomic E-state index is 0.158. The molecule has 3 heterocycles. The van der Waals surface area contributed by atoms with E-state index in [2.05, 4.69) is 27.0 Å². The third-order valence-corrected chi connectivity index (χ3v) is 6.31. The lowest BCUT2D eigenvalue weighted by Crippen LogP contribution is -2.43. The van der Waals surface area contributed by atoms with Gasteiger partial charge in [0, 0.05) is 34.4 Å². The second-order valence-corrected chi connectivity index (χ2v) is 7.85. The van der Waals surface area contributed by atoms with Gasteiger partial charge < -0.3 is 10.6 Å². The van der Waals surface area contributed by atoms with Crippen LogP contribution in [0, 0.1) is 0 Å². The molecule has 1 amide bonds. The van der Waals surface area contributed by atoms with Crippen LogP contribution in [0.2, 0.25) is 0 Å². The van der Waals surface area contributed by atoms with Crippen LogP contribution >= 0.6 is 38.6 Å². The summed E-state index contributed by atoms with van der Waals surface area (Å²) >= 11 is 6.70. The molecule has 0 bridgehead atoms. The molecule has 0 unspecified atom stereocenters. The van der Waals surface area contributed by atoms with E-state index >= 15 is 0 Å². The standard InChI is InChI=1S/C14H16BrN3OS2/c15-9-5-12(20-7-9)14-17-11(8-21-14)6-13(19)18-3-1-10(16)2-4-18/h5,7-8,10H,1-4,6,16H2. The summed E-state index contributed by atoms with van der Waals surface area (Å²) in [5, 5.41) is 5.00. The summed E-state index contributed by atoms with van der Waals surface area (Å²) in [4.78, 5) is 19.9. The molecule has 1 saturated heterocycles. The fourth-order valence-electron chi connectivity index (χ4n) is 2.34. The van der Waals surface area contributed by atoms with Crippen LogP contribution < -0.4 is 5.73 Å². The van der Waals surface area contributed by atoms with Gasteiger partial charge in [0.25, 0.3) is 0 Å². The first-order valence-electron chi connectivity index (χ1n) is 6.84. The molecule has 7 heteroatoms. The Morgan fingerprint density at radius 2 is 2.14 bits per heavy atom. The summed E-state index contributed by atoms with van der Waals surface area (Å²) in [6, 6.07) is 2.30. The van der Waals surface area contributed by atoms with Crippen molar-refractivity contribution in [1.82, 2.24) is 9.88 Å². The van der Waals surface area contributed by atoms with E-state index in [1.54, 1.807) is 22.7 Å². The molecular weight excluding hydrogens is 370 g/mol. The first kappa shape index (κ1) is 15.1. The van der Waals surface area contributed by atoms with Gasteiger partial charge in [-0.05, 0) is 34.8 Å². The lowest BCUT2D eigenvalue weighted by Gasteiger charge is -2.30. The number of nitrogens with zero attached hydrogens (tertiary/aromatic N) is 2. The predicted octanol–water partition coefficient (Wildman–Crippen LogP) is 3.13. The molecule has 112 valence electrons. The number of hydrogen-bond acceptors (Lipinski definition) is 5. The second kappa shape index (κ2) is 6.56. The van der Waals surface area contributed by atoms with Crippen LogP contribution in [0.3, 0.4) is 0 Å². The van der Waals surface area contributed by atoms with Gasteiger partial charge in [0.1, 0.15) is 5.01 Å². The Balaban J connectivity index is 1.63. The topological polar surface area (TPSA) is 59.2 Å². The quantitative estimate of drug-likeness (QED) is 0.882. The molecule has 4 nitrogen and oxygen atoms in total. The van der Waals surface area contributed by atoms with Gasteiger partial charge in [-0.25, -0.2) is 4.98 Å². The maximum absolute atomic E-state index is 12.3. The monoisotopic (exact) mass is 385 g/mol. The Hall–Kier alpha value is -0.760. The number of thiazole rings is 1. The van der Waals surface area contributed by atoms with Crippen LogP contribution in [0.25, 0.3) is 9.88 Å². The van der Waals surface area contributed by atoms with E-state index in [-0.39, 0.29) is 11.9 Å². The Morgan fingerprint density at radius 1 is 1.38 bits per heavy atom. The minimum atomic E-state index is 0.158. The van der Waals surface area contributed by atoms with Crippen LogP contribution in [0.5, 0.6) is 0 Å². The number of rotatable bonds is 3. The van der Waals surface area contributed by atoms with Crippen molar-refractivity contribution in [3.63, 3.8) is 0 Å². The molecule has 1 fully saturated rings. The summed E-state index contributed by atoms with van der Waals surface area (Å²) < 4.78 is 1.07. The number of thiophene rings is 1. The summed E-state index contributed by atoms with van der Waals surface area (Å²) in [5.41, 5.74) is 6.73. The van der Waals surface area contributed by atoms with Gasteiger partial charge in [-0.1, -0.05) is 0 Å². The van der Waals surface area contributed by atoms with Gasteiger partial charge in [0.15, 0.2) is 0 Å². The Bertz CT molecular complexity index is 632. The van der Waals surface area contributed by atoms with Gasteiger partial charge in [0.05, 0.1) is 17.0 Å². The number of amides is 1. The molecule has 0 saturated carbocycles. The van der Waals surface area contributed by atoms with Crippen molar-refractivity contribution in [1.29, 1.82) is 0 Å². The van der Waals surface area contributed by atoms with E-state index in [1.165, 1.54) is 0 Å². The molecule has 21 heavy (non-hydrogen) atoms. The summed E-state index contributed by atoms with van der Waals surface area (Å²) in [7, 11) is 0. The smallest absolute Gasteiger partial charge is 0.228 e. The highest BCUT2D eigenvalue weighted by molar-refractivity contribution is 9.10. The van der Waals surface area contributed by atoms with Crippen molar-refractivity contribution in [2.45, 2.75) is 25.3 Å². The highest BCUT2D eigenvalue weighted by atomic mass is 79.9. The maximum atomic E-state index is 12.3. The predicted molar refractivity (Wildman–Crippen MR) is 90.6 cm³/mol. The lowest BCUT2D eigenvalue weighted by atomic mass is 10.1. The number of carbonyl (C=O) groups excluding carboxylic acids is 1. The van der Waals surface area contributed by atoms with E-state index in [1.807, 2.05) is 15.7 Å². The van der Waals surface area contributed by atoms with E-state index in [0.29, 0.717) is 6.42 Å². The number of aromatic nitrogens is 1. The minimum Gasteiger partial charge on any atom is -0.342 e. The van der Waals surface area contributed by atoms with Gasteiger partial charge in [-0.2, -0.15) is 0 Å². The first-order valence-corrected chi connectivity index (χ1v) is 9.39. The zero-order valence-corrected chi connectivity index (χ0v) is 14.6. The molecule has 2 N–H and O–H groups in total. The third-order valence-electron chi connectivity index (χ3n) is 3.55. The van der Waals surface area contributed by atoms with Crippen LogP contribution in [0.4, 0.5) is 0 Å². The number of carbonyl (C=O) groups is 1. The molecule has 2 aromatic rings. The van der Waals surface area contributed by atoms with Crippen molar-refractivity contribution >= 4 is 44.5 Å². The molecule has 3 rings (SSSR count). The van der Waals surface area contributed by atoms with Crippen LogP contribution in [0.1, 0.15) is 18.5 Å². The maximum Gasteiger partial charge on any atom is 0.228 e. The molecule has 0 radical (unpaired) electrons. The normalized spacial score (nSPS) is 16.4. The zero-order chi connectivity index (χ0) is 14.8. The number of piperidine rings is 1. The Morgan fingerprint density at radius 3 is 2.81 bits per heavy atom. The van der Waals surface area contributed by atoms with E-state index in [0.717, 1.165) is 46.0 Å². The van der Waals surface area contributed by atoms with E-state index < -0.39 is 0 Å². The van der Waals surface area contributed by atoms with Crippen molar-refractivity contribution in [3.05, 3.63) is 27.0 Å². The fourth-order valence-corrected chi connectivity index (χ4v) is 4.67. The number of hydrogen-bond donors (Lipinski definition) is 1. The number of nitrogens with two attached hydrogens (primary N) is 1. The summed E-state index contributed by atoms with van der Waals surface area (Å²) in [6.07, 6.45) is 2.19. The molecule has 0 atom stereocenters. The largest absolute Gasteiger partial charge is 0.342 e. The van der Waals surface area contributed by atoms with Crippen molar-refractivity contribution < 1.29 is 4.79 Å². The zero-order valence-electron chi connectivity index (χ0n) is 11.4. The van der Waals surface area contributed by atoms with Crippen molar-refractivity contribution in [2.75, 3.05) is 13.1 Å². The Labute approximate surface area is 140 Å². The van der Waals surface area contributed by atoms with Crippen LogP contribution in [-0.4, -0.2) is 34.9 Å². The number of halogens is 1. The molecule has 0 spiro atoms. The molecule has 0 aromatic carbocycles. The molecule has 0 aliphatic carbocycles. The Kier molecular flexibility index (Phi) is 4.73. The fraction of sp³-hybridized carbons (Fsp3) is 0.429. The van der Waals surface area contributed by atoms with Crippen molar-refractivity contribution in [2.24, 2.45) is 5.73 Å². The molecule has 2 aromatic heterocycles. The van der Waals surface area contributed by atoms with Gasteiger partial charge in [-0.15, -0.1) is 22.7 Å². The molecule has 1 aliphatic heterocycles. The average molecular weight is 386 g/mol. The van der Waals surface area contributed by atoms with Gasteiger partial charge in [0.2, 0.25) is 5.91 Å². The third kappa shape index (κ3) is 3.71. The second-order valence-electron chi connectivity index (χ2n) is 5.17. The van der Waals surface area contributed by atoms with E-state index in [4.69, 9.17) is 5.73 Å². The average Bonchev–Trinajstić information content (AvgIpc) is 3.08. The van der Waals surface area contributed by atoms with E-state index in [9.17, 15) is 4.79 Å². The number of likely N-dealkylation sites (tertiary alicyclic amines) is 1. The SMILES string of the molecule is NC1CCN(C(=O)Cc2csc(-c3cc(Br)cs3)n2)CC1. The molecular formula is C14H16BrN3OS2. The highest BCUT2D eigenvalue weighted by Gasteiger charge is 2.21.